The molecule has 1 atom stereocenters. The van der Waals surface area contributed by atoms with Gasteiger partial charge in [-0.15, -0.1) is 0 Å². The Hall–Kier alpha value is -1.92. The highest BCUT2D eigenvalue weighted by molar-refractivity contribution is 6.07. The van der Waals surface area contributed by atoms with Crippen LogP contribution in [0.3, 0.4) is 0 Å². The van der Waals surface area contributed by atoms with Gasteiger partial charge >= 0.3 is 6.03 Å². The van der Waals surface area contributed by atoms with E-state index in [0.29, 0.717) is 13.1 Å². The van der Waals surface area contributed by atoms with E-state index in [2.05, 4.69) is 15.5 Å². The third-order valence-electron chi connectivity index (χ3n) is 4.52. The molecule has 1 aromatic carbocycles. The van der Waals surface area contributed by atoms with Gasteiger partial charge in [0.05, 0.1) is 6.67 Å². The van der Waals surface area contributed by atoms with Crippen LogP contribution >= 0.6 is 0 Å². The summed E-state index contributed by atoms with van der Waals surface area (Å²) < 4.78 is 0. The zero-order valence-electron chi connectivity index (χ0n) is 12.8. The predicted octanol–water partition coefficient (Wildman–Crippen LogP) is 0.706. The Labute approximate surface area is 130 Å². The molecule has 6 heteroatoms. The lowest BCUT2D eigenvalue weighted by Crippen LogP contribution is -2.50. The number of imide groups is 1. The average molecular weight is 302 g/mol. The van der Waals surface area contributed by atoms with Gasteiger partial charge in [-0.3, -0.25) is 9.69 Å². The minimum Gasteiger partial charge on any atom is -0.319 e. The molecule has 0 aromatic heterocycles. The molecule has 3 rings (SSSR count). The summed E-state index contributed by atoms with van der Waals surface area (Å²) in [5.41, 5.74) is -0.0782. The van der Waals surface area contributed by atoms with E-state index in [1.807, 2.05) is 37.3 Å². The lowest BCUT2D eigenvalue weighted by molar-refractivity contribution is -0.133. The van der Waals surface area contributed by atoms with Crippen LogP contribution < -0.4 is 10.6 Å². The maximum absolute atomic E-state index is 12.9. The molecule has 2 aliphatic rings. The summed E-state index contributed by atoms with van der Waals surface area (Å²) in [4.78, 5) is 28.8. The first-order valence-electron chi connectivity index (χ1n) is 7.80. The second kappa shape index (κ2) is 6.06. The van der Waals surface area contributed by atoms with Crippen LogP contribution in [0.1, 0.15) is 18.9 Å². The first-order chi connectivity index (χ1) is 10.7. The van der Waals surface area contributed by atoms with E-state index in [1.165, 1.54) is 4.90 Å². The number of hydrogen-bond acceptors (Lipinski definition) is 4. The fraction of sp³-hybridized carbons (Fsp3) is 0.500. The number of benzene rings is 1. The van der Waals surface area contributed by atoms with Gasteiger partial charge in [0.25, 0.3) is 5.91 Å². The minimum atomic E-state index is -0.924. The van der Waals surface area contributed by atoms with Gasteiger partial charge in [-0.05, 0) is 12.0 Å². The average Bonchev–Trinajstić information content (AvgIpc) is 2.82. The predicted molar refractivity (Wildman–Crippen MR) is 83.1 cm³/mol. The van der Waals surface area contributed by atoms with Crippen molar-refractivity contribution in [2.75, 3.05) is 32.8 Å². The molecule has 1 unspecified atom stereocenters. The molecular weight excluding hydrogens is 280 g/mol. The zero-order chi connectivity index (χ0) is 15.6. The molecule has 2 heterocycles. The van der Waals surface area contributed by atoms with Crippen molar-refractivity contribution in [3.63, 3.8) is 0 Å². The number of rotatable bonds is 4. The van der Waals surface area contributed by atoms with E-state index in [9.17, 15) is 9.59 Å². The normalized spacial score (nSPS) is 26.3. The van der Waals surface area contributed by atoms with E-state index in [1.54, 1.807) is 0 Å². The Morgan fingerprint density at radius 1 is 1.14 bits per heavy atom. The molecule has 0 saturated carbocycles. The third-order valence-corrected chi connectivity index (χ3v) is 4.52. The van der Waals surface area contributed by atoms with Crippen LogP contribution in [0, 0.1) is 0 Å². The smallest absolute Gasteiger partial charge is 0.319 e. The topological polar surface area (TPSA) is 64.7 Å². The molecule has 6 nitrogen and oxygen atoms in total. The highest BCUT2D eigenvalue weighted by atomic mass is 16.2. The molecule has 118 valence electrons. The second-order valence-electron chi connectivity index (χ2n) is 5.80. The molecule has 2 fully saturated rings. The lowest BCUT2D eigenvalue weighted by atomic mass is 9.87. The number of piperazine rings is 1. The Morgan fingerprint density at radius 2 is 1.82 bits per heavy atom. The fourth-order valence-electron chi connectivity index (χ4n) is 3.17. The maximum Gasteiger partial charge on any atom is 0.326 e. The van der Waals surface area contributed by atoms with Crippen LogP contribution in [-0.4, -0.2) is 54.6 Å². The minimum absolute atomic E-state index is 0.148. The van der Waals surface area contributed by atoms with Gasteiger partial charge in [-0.25, -0.2) is 9.69 Å². The molecular formula is C16H22N4O2. The molecule has 0 spiro atoms. The third kappa shape index (κ3) is 2.48. The summed E-state index contributed by atoms with van der Waals surface area (Å²) in [5, 5.41) is 6.19. The number of urea groups is 1. The fourth-order valence-corrected chi connectivity index (χ4v) is 3.17. The largest absolute Gasteiger partial charge is 0.326 e. The summed E-state index contributed by atoms with van der Waals surface area (Å²) in [5.74, 6) is -0.148. The Kier molecular flexibility index (Phi) is 4.13. The monoisotopic (exact) mass is 302 g/mol. The van der Waals surface area contributed by atoms with E-state index >= 15 is 0 Å². The van der Waals surface area contributed by atoms with Gasteiger partial charge in [0.15, 0.2) is 0 Å². The van der Waals surface area contributed by atoms with Crippen LogP contribution in [0.5, 0.6) is 0 Å². The lowest BCUT2D eigenvalue weighted by Gasteiger charge is -2.31. The Bertz CT molecular complexity index is 557. The summed E-state index contributed by atoms with van der Waals surface area (Å²) in [6.07, 6.45) is 0.541. The first kappa shape index (κ1) is 15.0. The van der Waals surface area contributed by atoms with Gasteiger partial charge in [-0.1, -0.05) is 37.3 Å². The van der Waals surface area contributed by atoms with Crippen molar-refractivity contribution < 1.29 is 9.59 Å². The van der Waals surface area contributed by atoms with Crippen molar-refractivity contribution >= 4 is 11.9 Å². The molecule has 0 bridgehead atoms. The SMILES string of the molecule is CCC1(c2ccccc2)NC(=O)N(CN2CCNCC2)C1=O. The second-order valence-corrected chi connectivity index (χ2v) is 5.80. The maximum atomic E-state index is 12.9. The van der Waals surface area contributed by atoms with Crippen LogP contribution in [0.4, 0.5) is 4.79 Å². The molecule has 1 aromatic rings. The molecule has 3 amide bonds. The summed E-state index contributed by atoms with van der Waals surface area (Å²) in [7, 11) is 0. The number of amides is 3. The molecule has 2 N–H and O–H groups in total. The number of nitrogens with zero attached hydrogens (tertiary/aromatic N) is 2. The quantitative estimate of drug-likeness (QED) is 0.804. The van der Waals surface area contributed by atoms with Gasteiger partial charge in [0.1, 0.15) is 5.54 Å². The first-order valence-corrected chi connectivity index (χ1v) is 7.80. The number of nitrogens with one attached hydrogen (secondary N) is 2. The highest BCUT2D eigenvalue weighted by Crippen LogP contribution is 2.32. The van der Waals surface area contributed by atoms with E-state index in [4.69, 9.17) is 0 Å². The van der Waals surface area contributed by atoms with Crippen molar-refractivity contribution in [3.05, 3.63) is 35.9 Å². The van der Waals surface area contributed by atoms with Crippen LogP contribution in [0.15, 0.2) is 30.3 Å². The standard InChI is InChI=1S/C16H22N4O2/c1-2-16(13-6-4-3-5-7-13)14(21)20(15(22)18-16)12-19-10-8-17-9-11-19/h3-7,17H,2,8-12H2,1H3,(H,18,22). The van der Waals surface area contributed by atoms with Crippen molar-refractivity contribution in [3.8, 4) is 0 Å². The van der Waals surface area contributed by atoms with Gasteiger partial charge in [0.2, 0.25) is 0 Å². The summed E-state index contributed by atoms with van der Waals surface area (Å²) in [6.45, 7) is 5.77. The molecule has 2 aliphatic heterocycles. The van der Waals surface area contributed by atoms with Crippen molar-refractivity contribution in [1.82, 2.24) is 20.4 Å². The van der Waals surface area contributed by atoms with Crippen molar-refractivity contribution in [2.45, 2.75) is 18.9 Å². The Balaban J connectivity index is 1.83. The highest BCUT2D eigenvalue weighted by Gasteiger charge is 2.51. The van der Waals surface area contributed by atoms with Crippen molar-refractivity contribution in [2.24, 2.45) is 0 Å². The van der Waals surface area contributed by atoms with Crippen LogP contribution in [-0.2, 0) is 10.3 Å². The van der Waals surface area contributed by atoms with Crippen LogP contribution in [0.25, 0.3) is 0 Å². The van der Waals surface area contributed by atoms with E-state index in [0.717, 1.165) is 31.7 Å². The number of carbonyl (C=O) groups is 2. The summed E-state index contributed by atoms with van der Waals surface area (Å²) >= 11 is 0. The van der Waals surface area contributed by atoms with Gasteiger partial charge in [-0.2, -0.15) is 0 Å². The van der Waals surface area contributed by atoms with E-state index < -0.39 is 5.54 Å². The number of hydrogen-bond donors (Lipinski definition) is 2. The number of carbonyl (C=O) groups excluding carboxylic acids is 2. The Morgan fingerprint density at radius 3 is 2.45 bits per heavy atom. The van der Waals surface area contributed by atoms with Crippen molar-refractivity contribution in [1.29, 1.82) is 0 Å². The van der Waals surface area contributed by atoms with Crippen LogP contribution in [0.2, 0.25) is 0 Å². The van der Waals surface area contributed by atoms with E-state index in [-0.39, 0.29) is 11.9 Å². The van der Waals surface area contributed by atoms with Gasteiger partial charge in [0, 0.05) is 26.2 Å². The molecule has 22 heavy (non-hydrogen) atoms. The zero-order valence-corrected chi connectivity index (χ0v) is 12.8. The molecule has 0 radical (unpaired) electrons. The summed E-state index contributed by atoms with van der Waals surface area (Å²) in [6, 6.07) is 9.20. The molecule has 2 saturated heterocycles. The molecule has 0 aliphatic carbocycles. The van der Waals surface area contributed by atoms with Gasteiger partial charge < -0.3 is 10.6 Å².